The number of nitrogens with one attached hydrogen (secondary N) is 2. The molecule has 1 amide bonds. The third-order valence-corrected chi connectivity index (χ3v) is 3.24. The summed E-state index contributed by atoms with van der Waals surface area (Å²) in [4.78, 5) is 21.8. The average molecular weight is 320 g/mol. The Hall–Kier alpha value is -2.27. The lowest BCUT2D eigenvalue weighted by molar-refractivity contribution is -0.385. The number of carbonyl (C=O) groups excluding carboxylic acids is 1. The minimum Gasteiger partial charge on any atom is -0.386 e. The van der Waals surface area contributed by atoms with E-state index in [1.165, 1.54) is 7.05 Å². The van der Waals surface area contributed by atoms with Crippen LogP contribution in [0.4, 0.5) is 15.8 Å². The first-order valence-corrected chi connectivity index (χ1v) is 7.31. The lowest BCUT2D eigenvalue weighted by Gasteiger charge is -2.08. The molecule has 0 fully saturated rings. The summed E-state index contributed by atoms with van der Waals surface area (Å²) in [5.41, 5.74) is -1.21. The summed E-state index contributed by atoms with van der Waals surface area (Å²) in [6.45, 7) is -0.318. The average Bonchev–Trinajstić information content (AvgIpc) is 2.36. The lowest BCUT2D eigenvalue weighted by atomic mass is 10.1. The van der Waals surface area contributed by atoms with E-state index in [0.29, 0.717) is 6.07 Å². The summed E-state index contributed by atoms with van der Waals surface area (Å²) in [6.07, 6.45) is 0. The number of sulfonamides is 1. The zero-order valence-corrected chi connectivity index (χ0v) is 11.7. The molecule has 0 heterocycles. The van der Waals surface area contributed by atoms with E-state index in [1.807, 2.05) is 0 Å². The molecule has 9 nitrogen and oxygen atoms in total. The van der Waals surface area contributed by atoms with Crippen LogP contribution in [0.5, 0.6) is 0 Å². The number of nitro groups is 1. The van der Waals surface area contributed by atoms with E-state index in [4.69, 9.17) is 5.14 Å². The molecule has 1 aromatic carbocycles. The van der Waals surface area contributed by atoms with Gasteiger partial charge in [-0.2, -0.15) is 0 Å². The molecule has 11 heteroatoms. The number of primary sulfonamides is 1. The number of nitrogens with zero attached hydrogens (tertiary/aromatic N) is 1. The zero-order chi connectivity index (χ0) is 16.2. The van der Waals surface area contributed by atoms with Gasteiger partial charge in [-0.15, -0.1) is 0 Å². The van der Waals surface area contributed by atoms with Crippen LogP contribution in [0.1, 0.15) is 10.4 Å². The molecule has 0 aromatic heterocycles. The Labute approximate surface area is 119 Å². The van der Waals surface area contributed by atoms with Crippen LogP contribution in [0, 0.1) is 15.9 Å². The number of anilines is 1. The minimum absolute atomic E-state index is 0.0998. The van der Waals surface area contributed by atoms with Crippen molar-refractivity contribution in [2.24, 2.45) is 5.14 Å². The van der Waals surface area contributed by atoms with Crippen molar-refractivity contribution < 1.29 is 22.5 Å². The molecule has 0 aliphatic carbocycles. The smallest absolute Gasteiger partial charge is 0.285 e. The summed E-state index contributed by atoms with van der Waals surface area (Å²) in [5.74, 6) is -2.31. The van der Waals surface area contributed by atoms with Crippen LogP contribution < -0.4 is 15.8 Å². The maximum Gasteiger partial charge on any atom is 0.285 e. The molecular formula is C10H13FN4O5S. The standard InChI is InChI=1S/C10H13FN4O5S/c1-13-8-4-6(9(15(17)18)5-7(8)11)10(16)14-2-3-21(12,19)20/h4-5,13H,2-3H2,1H3,(H,14,16)(H2,12,19,20). The van der Waals surface area contributed by atoms with Crippen molar-refractivity contribution >= 4 is 27.3 Å². The summed E-state index contributed by atoms with van der Waals surface area (Å²) < 4.78 is 34.9. The van der Waals surface area contributed by atoms with Crippen LogP contribution >= 0.6 is 0 Å². The predicted octanol–water partition coefficient (Wildman–Crippen LogP) is -0.206. The molecule has 21 heavy (non-hydrogen) atoms. The molecule has 0 bridgehead atoms. The fraction of sp³-hybridized carbons (Fsp3) is 0.300. The van der Waals surface area contributed by atoms with Crippen molar-refractivity contribution in [1.29, 1.82) is 0 Å². The van der Waals surface area contributed by atoms with Crippen molar-refractivity contribution in [2.75, 3.05) is 24.7 Å². The van der Waals surface area contributed by atoms with Gasteiger partial charge in [-0.3, -0.25) is 14.9 Å². The van der Waals surface area contributed by atoms with E-state index in [2.05, 4.69) is 10.6 Å². The number of carbonyl (C=O) groups is 1. The number of benzene rings is 1. The van der Waals surface area contributed by atoms with Crippen LogP contribution in [0.3, 0.4) is 0 Å². The van der Waals surface area contributed by atoms with E-state index < -0.39 is 38.1 Å². The number of nitro benzene ring substituents is 1. The highest BCUT2D eigenvalue weighted by molar-refractivity contribution is 7.89. The largest absolute Gasteiger partial charge is 0.386 e. The summed E-state index contributed by atoms with van der Waals surface area (Å²) in [5, 5.41) is 20.2. The molecule has 1 rings (SSSR count). The zero-order valence-electron chi connectivity index (χ0n) is 10.9. The molecular weight excluding hydrogens is 307 g/mol. The molecule has 0 saturated heterocycles. The van der Waals surface area contributed by atoms with Gasteiger partial charge in [0.15, 0.2) is 5.82 Å². The highest BCUT2D eigenvalue weighted by atomic mass is 32.2. The van der Waals surface area contributed by atoms with Crippen LogP contribution in [0.25, 0.3) is 0 Å². The van der Waals surface area contributed by atoms with Gasteiger partial charge in [-0.25, -0.2) is 17.9 Å². The fourth-order valence-corrected chi connectivity index (χ4v) is 1.88. The van der Waals surface area contributed by atoms with Gasteiger partial charge in [0.1, 0.15) is 5.56 Å². The third-order valence-electron chi connectivity index (χ3n) is 2.47. The Morgan fingerprint density at radius 3 is 2.57 bits per heavy atom. The lowest BCUT2D eigenvalue weighted by Crippen LogP contribution is -2.31. The quantitative estimate of drug-likeness (QED) is 0.488. The third kappa shape index (κ3) is 4.65. The molecule has 0 radical (unpaired) electrons. The Morgan fingerprint density at radius 2 is 2.10 bits per heavy atom. The molecule has 0 unspecified atom stereocenters. The van der Waals surface area contributed by atoms with Gasteiger partial charge in [0.2, 0.25) is 10.0 Å². The first-order valence-electron chi connectivity index (χ1n) is 5.60. The number of hydrogen-bond donors (Lipinski definition) is 3. The highest BCUT2D eigenvalue weighted by Crippen LogP contribution is 2.25. The van der Waals surface area contributed by atoms with E-state index in [-0.39, 0.29) is 17.8 Å². The Kier molecular flexibility index (Phi) is 5.16. The van der Waals surface area contributed by atoms with Crippen molar-refractivity contribution in [3.05, 3.63) is 33.6 Å². The second-order valence-corrected chi connectivity index (χ2v) is 5.71. The van der Waals surface area contributed by atoms with E-state index in [9.17, 15) is 27.7 Å². The first kappa shape index (κ1) is 16.8. The number of hydrogen-bond acceptors (Lipinski definition) is 6. The second-order valence-electron chi connectivity index (χ2n) is 3.98. The van der Waals surface area contributed by atoms with Crippen LogP contribution in [0.15, 0.2) is 12.1 Å². The number of amides is 1. The Morgan fingerprint density at radius 1 is 1.48 bits per heavy atom. The van der Waals surface area contributed by atoms with Crippen molar-refractivity contribution in [3.63, 3.8) is 0 Å². The molecule has 0 spiro atoms. The monoisotopic (exact) mass is 320 g/mol. The maximum atomic E-state index is 13.5. The molecule has 116 valence electrons. The normalized spacial score (nSPS) is 11.0. The SMILES string of the molecule is CNc1cc(C(=O)NCCS(N)(=O)=O)c([N+](=O)[O-])cc1F. The van der Waals surface area contributed by atoms with Crippen molar-refractivity contribution in [3.8, 4) is 0 Å². The number of nitrogens with two attached hydrogens (primary N) is 1. The van der Waals surface area contributed by atoms with Gasteiger partial charge in [0, 0.05) is 13.6 Å². The van der Waals surface area contributed by atoms with E-state index >= 15 is 0 Å². The Bertz CT molecular complexity index is 676. The van der Waals surface area contributed by atoms with Gasteiger partial charge < -0.3 is 10.6 Å². The Balaban J connectivity index is 3.04. The molecule has 4 N–H and O–H groups in total. The topological polar surface area (TPSA) is 144 Å². The fourth-order valence-electron chi connectivity index (χ4n) is 1.49. The highest BCUT2D eigenvalue weighted by Gasteiger charge is 2.23. The second kappa shape index (κ2) is 6.45. The first-order chi connectivity index (χ1) is 9.65. The van der Waals surface area contributed by atoms with Gasteiger partial charge >= 0.3 is 0 Å². The maximum absolute atomic E-state index is 13.5. The van der Waals surface area contributed by atoms with Crippen LogP contribution in [-0.4, -0.2) is 38.6 Å². The summed E-state index contributed by atoms with van der Waals surface area (Å²) in [6, 6.07) is 1.58. The minimum atomic E-state index is -3.77. The van der Waals surface area contributed by atoms with E-state index in [1.54, 1.807) is 0 Å². The molecule has 0 aliphatic rings. The van der Waals surface area contributed by atoms with Gasteiger partial charge in [-0.1, -0.05) is 0 Å². The van der Waals surface area contributed by atoms with Crippen LogP contribution in [-0.2, 0) is 10.0 Å². The van der Waals surface area contributed by atoms with Crippen molar-refractivity contribution in [2.45, 2.75) is 0 Å². The number of rotatable bonds is 6. The molecule has 0 aliphatic heterocycles. The molecule has 0 saturated carbocycles. The molecule has 0 atom stereocenters. The van der Waals surface area contributed by atoms with Crippen molar-refractivity contribution in [1.82, 2.24) is 5.32 Å². The predicted molar refractivity (Wildman–Crippen MR) is 72.9 cm³/mol. The van der Waals surface area contributed by atoms with Gasteiger partial charge in [0.25, 0.3) is 11.6 Å². The van der Waals surface area contributed by atoms with Gasteiger partial charge in [0.05, 0.1) is 22.4 Å². The molecule has 1 aromatic rings. The van der Waals surface area contributed by atoms with Gasteiger partial charge in [-0.05, 0) is 6.07 Å². The van der Waals surface area contributed by atoms with Crippen LogP contribution in [0.2, 0.25) is 0 Å². The van der Waals surface area contributed by atoms with E-state index in [0.717, 1.165) is 6.07 Å². The number of halogens is 1. The summed E-state index contributed by atoms with van der Waals surface area (Å²) in [7, 11) is -2.39. The summed E-state index contributed by atoms with van der Waals surface area (Å²) >= 11 is 0.